The smallest absolute Gasteiger partial charge is 0.407 e. The number of hydrogen-bond donors (Lipinski definition) is 3. The Hall–Kier alpha value is -3.03. The average molecular weight is 631 g/mol. The molecule has 2 aromatic rings. The zero-order valence-electron chi connectivity index (χ0n) is 25.7. The van der Waals surface area contributed by atoms with Gasteiger partial charge in [-0.2, -0.15) is 4.31 Å². The number of nitrogens with zero attached hydrogens (tertiary/aromatic N) is 2. The zero-order chi connectivity index (χ0) is 31.5. The standard InChI is InChI=1S/C32H46N4O7S/c1-24(2)20-36(44(40,41)28-13-11-26(12-14-28)33-31(38)22-35-16-7-4-8-17-35)21-30(37)29(19-25-9-5-3-6-10-25)34-32(39)43-27-15-18-42-23-27/h3,5-6,9-14,24,27,29-30,37H,4,7-8,15-23H2,1-2H3,(H,33,38)(H,34,39)/t27-,29-,30+/m0/s1. The van der Waals surface area contributed by atoms with Gasteiger partial charge in [0.1, 0.15) is 6.10 Å². The molecule has 3 atom stereocenters. The Morgan fingerprint density at radius 1 is 1.05 bits per heavy atom. The molecule has 2 heterocycles. The van der Waals surface area contributed by atoms with Gasteiger partial charge in [0.05, 0.1) is 36.8 Å². The average Bonchev–Trinajstić information content (AvgIpc) is 3.50. The lowest BCUT2D eigenvalue weighted by Crippen LogP contribution is -2.51. The number of carbonyl (C=O) groups excluding carboxylic acids is 2. The highest BCUT2D eigenvalue weighted by Crippen LogP contribution is 2.22. The quantitative estimate of drug-likeness (QED) is 0.289. The van der Waals surface area contributed by atoms with Crippen LogP contribution in [0.15, 0.2) is 59.5 Å². The number of carbonyl (C=O) groups is 2. The number of anilines is 1. The van der Waals surface area contributed by atoms with Crippen LogP contribution >= 0.6 is 0 Å². The second kappa shape index (κ2) is 16.3. The monoisotopic (exact) mass is 630 g/mol. The van der Waals surface area contributed by atoms with E-state index >= 15 is 0 Å². The lowest BCUT2D eigenvalue weighted by atomic mass is 10.0. The number of ether oxygens (including phenoxy) is 2. The minimum absolute atomic E-state index is 0.0295. The first-order valence-electron chi connectivity index (χ1n) is 15.5. The van der Waals surface area contributed by atoms with E-state index in [1.54, 1.807) is 12.1 Å². The molecule has 0 aromatic heterocycles. The molecule has 0 saturated carbocycles. The third-order valence-corrected chi connectivity index (χ3v) is 9.62. The van der Waals surface area contributed by atoms with Crippen molar-refractivity contribution in [3.05, 3.63) is 60.2 Å². The minimum Gasteiger partial charge on any atom is -0.444 e. The molecular weight excluding hydrogens is 584 g/mol. The van der Waals surface area contributed by atoms with Crippen LogP contribution < -0.4 is 10.6 Å². The summed E-state index contributed by atoms with van der Waals surface area (Å²) in [6.07, 6.45) is 1.96. The number of amides is 2. The third kappa shape index (κ3) is 10.3. The van der Waals surface area contributed by atoms with E-state index < -0.39 is 28.3 Å². The first-order chi connectivity index (χ1) is 21.1. The van der Waals surface area contributed by atoms with Crippen molar-refractivity contribution in [1.82, 2.24) is 14.5 Å². The fourth-order valence-electron chi connectivity index (χ4n) is 5.49. The molecule has 2 fully saturated rings. The molecular formula is C32H46N4O7S. The molecule has 0 spiro atoms. The fourth-order valence-corrected chi connectivity index (χ4v) is 7.11. The van der Waals surface area contributed by atoms with Gasteiger partial charge in [0.25, 0.3) is 0 Å². The van der Waals surface area contributed by atoms with Crippen LogP contribution in [0, 0.1) is 5.92 Å². The molecule has 2 aliphatic rings. The molecule has 0 aliphatic carbocycles. The summed E-state index contributed by atoms with van der Waals surface area (Å²) >= 11 is 0. The van der Waals surface area contributed by atoms with Crippen molar-refractivity contribution in [3.8, 4) is 0 Å². The van der Waals surface area contributed by atoms with E-state index in [4.69, 9.17) is 9.47 Å². The molecule has 12 heteroatoms. The topological polar surface area (TPSA) is 138 Å². The number of sulfonamides is 1. The number of rotatable bonds is 14. The molecule has 44 heavy (non-hydrogen) atoms. The van der Waals surface area contributed by atoms with Gasteiger partial charge < -0.3 is 25.2 Å². The predicted octanol–water partition coefficient (Wildman–Crippen LogP) is 3.25. The van der Waals surface area contributed by atoms with Crippen molar-refractivity contribution in [2.24, 2.45) is 5.92 Å². The summed E-state index contributed by atoms with van der Waals surface area (Å²) in [5, 5.41) is 17.0. The van der Waals surface area contributed by atoms with Crippen LogP contribution in [0.4, 0.5) is 10.5 Å². The van der Waals surface area contributed by atoms with Gasteiger partial charge in [-0.1, -0.05) is 50.6 Å². The molecule has 242 valence electrons. The Labute approximate surface area is 261 Å². The van der Waals surface area contributed by atoms with Crippen LogP contribution in [0.3, 0.4) is 0 Å². The van der Waals surface area contributed by atoms with Gasteiger partial charge in [-0.25, -0.2) is 13.2 Å². The second-order valence-electron chi connectivity index (χ2n) is 12.0. The number of piperidine rings is 1. The molecule has 0 unspecified atom stereocenters. The SMILES string of the molecule is CC(C)CN(C[C@@H](O)[C@H](Cc1ccccc1)NC(=O)O[C@H]1CCOC1)S(=O)(=O)c1ccc(NC(=O)CN2CCCCC2)cc1. The maximum absolute atomic E-state index is 13.8. The van der Waals surface area contributed by atoms with Gasteiger partial charge in [-0.3, -0.25) is 9.69 Å². The lowest BCUT2D eigenvalue weighted by Gasteiger charge is -2.30. The van der Waals surface area contributed by atoms with Crippen molar-refractivity contribution in [2.75, 3.05) is 51.3 Å². The van der Waals surface area contributed by atoms with Gasteiger partial charge in [-0.05, 0) is 68.1 Å². The summed E-state index contributed by atoms with van der Waals surface area (Å²) in [5.74, 6) is -0.166. The first-order valence-corrected chi connectivity index (χ1v) is 16.9. The first kappa shape index (κ1) is 33.9. The number of aliphatic hydroxyl groups excluding tert-OH is 1. The van der Waals surface area contributed by atoms with Gasteiger partial charge in [0, 0.05) is 25.2 Å². The largest absolute Gasteiger partial charge is 0.444 e. The van der Waals surface area contributed by atoms with E-state index in [2.05, 4.69) is 15.5 Å². The molecule has 11 nitrogen and oxygen atoms in total. The van der Waals surface area contributed by atoms with E-state index in [0.29, 0.717) is 31.9 Å². The Bertz CT molecular complexity index is 1300. The molecule has 2 amide bonds. The molecule has 3 N–H and O–H groups in total. The predicted molar refractivity (Wildman–Crippen MR) is 168 cm³/mol. The molecule has 2 aliphatic heterocycles. The van der Waals surface area contributed by atoms with Crippen LogP contribution in [0.1, 0.15) is 45.1 Å². The van der Waals surface area contributed by atoms with Gasteiger partial charge in [0.2, 0.25) is 15.9 Å². The number of hydrogen-bond acceptors (Lipinski definition) is 8. The highest BCUT2D eigenvalue weighted by Gasteiger charge is 2.32. The van der Waals surface area contributed by atoms with Crippen LogP contribution in [0.25, 0.3) is 0 Å². The van der Waals surface area contributed by atoms with E-state index in [-0.39, 0.29) is 42.3 Å². The summed E-state index contributed by atoms with van der Waals surface area (Å²) < 4.78 is 39.7. The van der Waals surface area contributed by atoms with E-state index in [9.17, 15) is 23.1 Å². The summed E-state index contributed by atoms with van der Waals surface area (Å²) in [4.78, 5) is 27.4. The van der Waals surface area contributed by atoms with Gasteiger partial charge in [0.15, 0.2) is 0 Å². The summed E-state index contributed by atoms with van der Waals surface area (Å²) in [7, 11) is -4.02. The summed E-state index contributed by atoms with van der Waals surface area (Å²) in [6.45, 7) is 6.67. The molecule has 4 rings (SSSR count). The number of aliphatic hydroxyl groups is 1. The lowest BCUT2D eigenvalue weighted by molar-refractivity contribution is -0.117. The highest BCUT2D eigenvalue weighted by atomic mass is 32.2. The number of benzene rings is 2. The molecule has 0 bridgehead atoms. The minimum atomic E-state index is -4.02. The maximum Gasteiger partial charge on any atom is 0.407 e. The van der Waals surface area contributed by atoms with Crippen LogP contribution in [-0.2, 0) is 30.7 Å². The summed E-state index contributed by atoms with van der Waals surface area (Å²) in [5.41, 5.74) is 1.39. The second-order valence-corrected chi connectivity index (χ2v) is 14.0. The summed E-state index contributed by atoms with van der Waals surface area (Å²) in [6, 6.07) is 14.6. The normalized spacial score (nSPS) is 19.1. The van der Waals surface area contributed by atoms with Crippen molar-refractivity contribution in [3.63, 3.8) is 0 Å². The molecule has 0 radical (unpaired) electrons. The number of nitrogens with one attached hydrogen (secondary N) is 2. The van der Waals surface area contributed by atoms with Gasteiger partial charge >= 0.3 is 6.09 Å². The van der Waals surface area contributed by atoms with Gasteiger partial charge in [-0.15, -0.1) is 0 Å². The molecule has 2 aromatic carbocycles. The fraction of sp³-hybridized carbons (Fsp3) is 0.562. The highest BCUT2D eigenvalue weighted by molar-refractivity contribution is 7.89. The number of alkyl carbamates (subject to hydrolysis) is 1. The van der Waals surface area contributed by atoms with Crippen molar-refractivity contribution >= 4 is 27.7 Å². The Morgan fingerprint density at radius 3 is 2.39 bits per heavy atom. The van der Waals surface area contributed by atoms with Crippen LogP contribution in [0.5, 0.6) is 0 Å². The third-order valence-electron chi connectivity index (χ3n) is 7.78. The number of likely N-dealkylation sites (tertiary alicyclic amines) is 1. The van der Waals surface area contributed by atoms with E-state index in [1.165, 1.54) is 22.9 Å². The van der Waals surface area contributed by atoms with Crippen LogP contribution in [0.2, 0.25) is 0 Å². The van der Waals surface area contributed by atoms with Crippen LogP contribution in [-0.4, -0.2) is 98.9 Å². The Kier molecular flexibility index (Phi) is 12.6. The van der Waals surface area contributed by atoms with E-state index in [1.807, 2.05) is 44.2 Å². The van der Waals surface area contributed by atoms with Crippen molar-refractivity contribution in [2.45, 2.75) is 69.1 Å². The van der Waals surface area contributed by atoms with Crippen molar-refractivity contribution in [1.29, 1.82) is 0 Å². The molecule has 2 saturated heterocycles. The van der Waals surface area contributed by atoms with E-state index in [0.717, 1.165) is 31.5 Å². The Balaban J connectivity index is 1.45. The maximum atomic E-state index is 13.8. The van der Waals surface area contributed by atoms with Crippen molar-refractivity contribution < 1.29 is 32.6 Å². The Morgan fingerprint density at radius 2 is 1.75 bits per heavy atom. The zero-order valence-corrected chi connectivity index (χ0v) is 26.5.